The summed E-state index contributed by atoms with van der Waals surface area (Å²) in [5, 5.41) is 11.9. The lowest BCUT2D eigenvalue weighted by Gasteiger charge is -2.28. The van der Waals surface area contributed by atoms with Crippen LogP contribution in [0.15, 0.2) is 12.3 Å². The molecule has 1 fully saturated rings. The molecule has 1 aliphatic rings. The first-order chi connectivity index (χ1) is 10.5. The van der Waals surface area contributed by atoms with Crippen molar-refractivity contribution in [3.63, 3.8) is 0 Å². The zero-order valence-corrected chi connectivity index (χ0v) is 12.5. The predicted molar refractivity (Wildman–Crippen MR) is 79.3 cm³/mol. The highest BCUT2D eigenvalue weighted by atomic mass is 16.6. The number of rotatable bonds is 5. The van der Waals surface area contributed by atoms with Gasteiger partial charge in [-0.3, -0.25) is 4.79 Å². The minimum atomic E-state index is -1.11. The van der Waals surface area contributed by atoms with Crippen LogP contribution in [0.1, 0.15) is 17.3 Å². The molecule has 1 aromatic rings. The fraction of sp³-hybridized carbons (Fsp3) is 0.500. The summed E-state index contributed by atoms with van der Waals surface area (Å²) >= 11 is 0. The first-order valence-electron chi connectivity index (χ1n) is 6.88. The smallest absolute Gasteiger partial charge is 0.339 e. The maximum absolute atomic E-state index is 11.4. The molecule has 120 valence electrons. The lowest BCUT2D eigenvalue weighted by Crippen LogP contribution is -2.39. The molecule has 1 atom stereocenters. The molecule has 0 bridgehead atoms. The monoisotopic (exact) mass is 309 g/mol. The second-order valence-electron chi connectivity index (χ2n) is 5.03. The number of carbonyl (C=O) groups is 2. The first kappa shape index (κ1) is 16.2. The van der Waals surface area contributed by atoms with Crippen LogP contribution < -0.4 is 10.2 Å². The second kappa shape index (κ2) is 7.19. The van der Waals surface area contributed by atoms with E-state index in [1.165, 1.54) is 19.2 Å². The van der Waals surface area contributed by atoms with Crippen molar-refractivity contribution in [2.45, 2.75) is 13.0 Å². The molecule has 2 rings (SSSR count). The molecule has 1 aliphatic heterocycles. The van der Waals surface area contributed by atoms with Crippen LogP contribution in [0.4, 0.5) is 11.5 Å². The highest BCUT2D eigenvalue weighted by Gasteiger charge is 2.21. The largest absolute Gasteiger partial charge is 0.478 e. The van der Waals surface area contributed by atoms with Gasteiger partial charge in [0.2, 0.25) is 5.91 Å². The van der Waals surface area contributed by atoms with Crippen molar-refractivity contribution in [3.8, 4) is 0 Å². The summed E-state index contributed by atoms with van der Waals surface area (Å²) < 4.78 is 10.9. The van der Waals surface area contributed by atoms with Gasteiger partial charge in [0.05, 0.1) is 37.8 Å². The standard InChI is InChI=1S/C14H19N3O5/c1-9(18)16-10-5-12(14(19)20)13(15-6-10)17(2)7-11-8-21-3-4-22-11/h5-6,11H,3-4,7-8H2,1-2H3,(H,16,18)(H,19,20)/t11-/m1/s1. The van der Waals surface area contributed by atoms with E-state index in [9.17, 15) is 14.7 Å². The molecule has 8 nitrogen and oxygen atoms in total. The number of aromatic nitrogens is 1. The summed E-state index contributed by atoms with van der Waals surface area (Å²) in [7, 11) is 1.74. The van der Waals surface area contributed by atoms with Crippen LogP contribution in [0.25, 0.3) is 0 Å². The minimum absolute atomic E-state index is 0.0190. The zero-order valence-electron chi connectivity index (χ0n) is 12.5. The minimum Gasteiger partial charge on any atom is -0.478 e. The van der Waals surface area contributed by atoms with E-state index in [0.29, 0.717) is 37.9 Å². The Hall–Kier alpha value is -2.19. The number of nitrogens with one attached hydrogen (secondary N) is 1. The maximum Gasteiger partial charge on any atom is 0.339 e. The summed E-state index contributed by atoms with van der Waals surface area (Å²) in [6, 6.07) is 1.39. The van der Waals surface area contributed by atoms with Gasteiger partial charge in [-0.05, 0) is 6.07 Å². The number of pyridine rings is 1. The maximum atomic E-state index is 11.4. The quantitative estimate of drug-likeness (QED) is 0.821. The molecule has 0 spiro atoms. The Balaban J connectivity index is 2.17. The third kappa shape index (κ3) is 4.15. The number of carbonyl (C=O) groups excluding carboxylic acids is 1. The Labute approximate surface area is 128 Å². The molecule has 1 saturated heterocycles. The number of amides is 1. The van der Waals surface area contributed by atoms with Crippen molar-refractivity contribution in [3.05, 3.63) is 17.8 Å². The zero-order chi connectivity index (χ0) is 16.1. The van der Waals surface area contributed by atoms with Gasteiger partial charge in [-0.1, -0.05) is 0 Å². The number of aromatic carboxylic acids is 1. The average Bonchev–Trinajstić information content (AvgIpc) is 2.47. The molecule has 0 aliphatic carbocycles. The van der Waals surface area contributed by atoms with Gasteiger partial charge in [0.15, 0.2) is 0 Å². The molecule has 22 heavy (non-hydrogen) atoms. The van der Waals surface area contributed by atoms with E-state index in [2.05, 4.69) is 10.3 Å². The number of ether oxygens (including phenoxy) is 2. The number of nitrogens with zero attached hydrogens (tertiary/aromatic N) is 2. The van der Waals surface area contributed by atoms with Gasteiger partial charge < -0.3 is 24.8 Å². The van der Waals surface area contributed by atoms with Crippen LogP contribution in [0.2, 0.25) is 0 Å². The van der Waals surface area contributed by atoms with Gasteiger partial charge in [0.25, 0.3) is 0 Å². The molecule has 0 radical (unpaired) electrons. The summed E-state index contributed by atoms with van der Waals surface area (Å²) in [5.41, 5.74) is 0.366. The molecule has 1 amide bonds. The van der Waals surface area contributed by atoms with Crippen LogP contribution in [0.5, 0.6) is 0 Å². The van der Waals surface area contributed by atoms with E-state index >= 15 is 0 Å². The molecular weight excluding hydrogens is 290 g/mol. The Morgan fingerprint density at radius 3 is 2.86 bits per heavy atom. The summed E-state index contributed by atoms with van der Waals surface area (Å²) in [6.45, 7) is 3.38. The van der Waals surface area contributed by atoms with Crippen molar-refractivity contribution >= 4 is 23.4 Å². The van der Waals surface area contributed by atoms with Crippen molar-refractivity contribution in [1.82, 2.24) is 4.98 Å². The highest BCUT2D eigenvalue weighted by molar-refractivity contribution is 5.96. The van der Waals surface area contributed by atoms with Gasteiger partial charge in [-0.15, -0.1) is 0 Å². The van der Waals surface area contributed by atoms with Crippen molar-refractivity contribution in [2.75, 3.05) is 43.6 Å². The Morgan fingerprint density at radius 2 is 2.27 bits per heavy atom. The highest BCUT2D eigenvalue weighted by Crippen LogP contribution is 2.21. The third-order valence-electron chi connectivity index (χ3n) is 3.14. The topological polar surface area (TPSA) is 101 Å². The van der Waals surface area contributed by atoms with Crippen LogP contribution >= 0.6 is 0 Å². The molecule has 2 N–H and O–H groups in total. The number of hydrogen-bond donors (Lipinski definition) is 2. The van der Waals surface area contributed by atoms with Gasteiger partial charge in [-0.25, -0.2) is 9.78 Å². The van der Waals surface area contributed by atoms with E-state index in [-0.39, 0.29) is 17.6 Å². The predicted octanol–water partition coefficient (Wildman–Crippen LogP) is 0.590. The molecule has 2 heterocycles. The normalized spacial score (nSPS) is 17.8. The van der Waals surface area contributed by atoms with E-state index in [1.807, 2.05) is 0 Å². The number of anilines is 2. The number of carboxylic acid groups (broad SMARTS) is 1. The van der Waals surface area contributed by atoms with Crippen molar-refractivity contribution < 1.29 is 24.2 Å². The average molecular weight is 309 g/mol. The Bertz CT molecular complexity index is 557. The SMILES string of the molecule is CC(=O)Nc1cnc(N(C)C[C@@H]2COCCO2)c(C(=O)O)c1. The van der Waals surface area contributed by atoms with Crippen LogP contribution in [-0.2, 0) is 14.3 Å². The lowest BCUT2D eigenvalue weighted by molar-refractivity contribution is -0.114. The van der Waals surface area contributed by atoms with Gasteiger partial charge in [0, 0.05) is 20.5 Å². The van der Waals surface area contributed by atoms with E-state index < -0.39 is 5.97 Å². The van der Waals surface area contributed by atoms with Gasteiger partial charge >= 0.3 is 5.97 Å². The van der Waals surface area contributed by atoms with Crippen molar-refractivity contribution in [1.29, 1.82) is 0 Å². The molecule has 0 aromatic carbocycles. The first-order valence-corrected chi connectivity index (χ1v) is 6.88. The molecule has 0 unspecified atom stereocenters. The van der Waals surface area contributed by atoms with Crippen LogP contribution in [0, 0.1) is 0 Å². The second-order valence-corrected chi connectivity index (χ2v) is 5.03. The summed E-state index contributed by atoms with van der Waals surface area (Å²) in [4.78, 5) is 28.3. The summed E-state index contributed by atoms with van der Waals surface area (Å²) in [6.07, 6.45) is 1.30. The van der Waals surface area contributed by atoms with E-state index in [0.717, 1.165) is 0 Å². The Kier molecular flexibility index (Phi) is 5.29. The van der Waals surface area contributed by atoms with Gasteiger partial charge in [0.1, 0.15) is 11.4 Å². The Morgan fingerprint density at radius 1 is 1.50 bits per heavy atom. The lowest BCUT2D eigenvalue weighted by atomic mass is 10.2. The number of hydrogen-bond acceptors (Lipinski definition) is 6. The molecular formula is C14H19N3O5. The van der Waals surface area contributed by atoms with E-state index in [4.69, 9.17) is 9.47 Å². The fourth-order valence-corrected chi connectivity index (χ4v) is 2.22. The third-order valence-corrected chi connectivity index (χ3v) is 3.14. The molecule has 1 aromatic heterocycles. The number of carboxylic acids is 1. The molecule has 0 saturated carbocycles. The summed E-state index contributed by atoms with van der Waals surface area (Å²) in [5.74, 6) is -1.08. The number of likely N-dealkylation sites (N-methyl/N-ethyl adjacent to an activating group) is 1. The fourth-order valence-electron chi connectivity index (χ4n) is 2.22. The van der Waals surface area contributed by atoms with Crippen LogP contribution in [-0.4, -0.2) is 61.5 Å². The van der Waals surface area contributed by atoms with Crippen molar-refractivity contribution in [2.24, 2.45) is 0 Å². The van der Waals surface area contributed by atoms with Gasteiger partial charge in [-0.2, -0.15) is 0 Å². The van der Waals surface area contributed by atoms with Crippen LogP contribution in [0.3, 0.4) is 0 Å². The molecule has 8 heteroatoms. The van der Waals surface area contributed by atoms with E-state index in [1.54, 1.807) is 11.9 Å².